The summed E-state index contributed by atoms with van der Waals surface area (Å²) in [6, 6.07) is 4.35. The van der Waals surface area contributed by atoms with Crippen LogP contribution < -0.4 is 5.32 Å². The van der Waals surface area contributed by atoms with Crippen LogP contribution in [0.25, 0.3) is 0 Å². The number of carbonyl (C=O) groups is 1. The average Bonchev–Trinajstić information content (AvgIpc) is 3.04. The molecule has 0 saturated heterocycles. The highest BCUT2D eigenvalue weighted by atomic mass is 32.1. The summed E-state index contributed by atoms with van der Waals surface area (Å²) in [5, 5.41) is 5.20. The highest BCUT2D eigenvalue weighted by molar-refractivity contribution is 7.09. The summed E-state index contributed by atoms with van der Waals surface area (Å²) >= 11 is 1.71. The Kier molecular flexibility index (Phi) is 3.87. The Bertz CT molecular complexity index is 588. The highest BCUT2D eigenvalue weighted by Crippen LogP contribution is 2.15. The van der Waals surface area contributed by atoms with E-state index in [1.807, 2.05) is 13.0 Å². The Hall–Kier alpha value is -1.62. The van der Waals surface area contributed by atoms with Crippen LogP contribution in [0.2, 0.25) is 0 Å². The second-order valence-electron chi connectivity index (χ2n) is 5.33. The van der Waals surface area contributed by atoms with Crippen LogP contribution in [0.1, 0.15) is 29.2 Å². The van der Waals surface area contributed by atoms with Crippen molar-refractivity contribution in [3.8, 4) is 0 Å². The van der Waals surface area contributed by atoms with Crippen LogP contribution in [0.15, 0.2) is 23.7 Å². The van der Waals surface area contributed by atoms with E-state index in [1.54, 1.807) is 11.3 Å². The number of imidazole rings is 1. The first-order valence-corrected chi connectivity index (χ1v) is 7.93. The molecule has 4 nitrogen and oxygen atoms in total. The topological polar surface area (TPSA) is 46.9 Å². The van der Waals surface area contributed by atoms with Gasteiger partial charge in [-0.3, -0.25) is 4.79 Å². The third-order valence-electron chi connectivity index (χ3n) is 3.66. The first kappa shape index (κ1) is 13.4. The Morgan fingerprint density at radius 2 is 2.50 bits per heavy atom. The predicted octanol–water partition coefficient (Wildman–Crippen LogP) is 2.32. The molecule has 1 N–H and O–H groups in total. The van der Waals surface area contributed by atoms with Crippen molar-refractivity contribution in [2.45, 2.75) is 45.2 Å². The molecule has 5 heteroatoms. The van der Waals surface area contributed by atoms with Crippen LogP contribution in [0.5, 0.6) is 0 Å². The molecule has 3 heterocycles. The maximum atomic E-state index is 12.0. The number of carbonyl (C=O) groups excluding carboxylic acids is 1. The number of amides is 1. The molecule has 0 aliphatic carbocycles. The lowest BCUT2D eigenvalue weighted by Crippen LogP contribution is -2.40. The standard InChI is InChI=1S/C15H19N3OS/c1-11-9-18-10-12(4-6-14(18)16-11)17-15(19)7-5-13-3-2-8-20-13/h2-3,8-9,12H,4-7,10H2,1H3,(H,17,19)/t12-/m1/s1. The third-order valence-corrected chi connectivity index (χ3v) is 4.59. The minimum absolute atomic E-state index is 0.156. The largest absolute Gasteiger partial charge is 0.352 e. The molecule has 0 aromatic carbocycles. The summed E-state index contributed by atoms with van der Waals surface area (Å²) in [6.07, 6.45) is 5.42. The van der Waals surface area contributed by atoms with Gasteiger partial charge in [-0.25, -0.2) is 4.98 Å². The SMILES string of the molecule is Cc1cn2c(n1)CC[C@@H](NC(=O)CCc1cccs1)C2. The fourth-order valence-corrected chi connectivity index (χ4v) is 3.40. The molecule has 0 saturated carbocycles. The van der Waals surface area contributed by atoms with Gasteiger partial charge in [0.2, 0.25) is 5.91 Å². The Morgan fingerprint density at radius 3 is 3.30 bits per heavy atom. The summed E-state index contributed by atoms with van der Waals surface area (Å²) in [6.45, 7) is 2.86. The van der Waals surface area contributed by atoms with Crippen LogP contribution in [-0.4, -0.2) is 21.5 Å². The molecule has 3 rings (SSSR count). The molecule has 0 spiro atoms. The van der Waals surface area contributed by atoms with E-state index in [2.05, 4.69) is 32.5 Å². The number of rotatable bonds is 4. The molecule has 0 bridgehead atoms. The summed E-state index contributed by atoms with van der Waals surface area (Å²) in [7, 11) is 0. The van der Waals surface area contributed by atoms with Crippen molar-refractivity contribution in [1.82, 2.24) is 14.9 Å². The second kappa shape index (κ2) is 5.79. The third kappa shape index (κ3) is 3.10. The number of hydrogen-bond acceptors (Lipinski definition) is 3. The summed E-state index contributed by atoms with van der Waals surface area (Å²) in [4.78, 5) is 17.8. The lowest BCUT2D eigenvalue weighted by atomic mass is 10.1. The zero-order chi connectivity index (χ0) is 13.9. The smallest absolute Gasteiger partial charge is 0.220 e. The fourth-order valence-electron chi connectivity index (χ4n) is 2.70. The van der Waals surface area contributed by atoms with Gasteiger partial charge in [0.15, 0.2) is 0 Å². The Labute approximate surface area is 122 Å². The van der Waals surface area contributed by atoms with Gasteiger partial charge in [-0.2, -0.15) is 0 Å². The Balaban J connectivity index is 1.50. The first-order valence-electron chi connectivity index (χ1n) is 7.05. The number of fused-ring (bicyclic) bond motifs is 1. The normalized spacial score (nSPS) is 17.8. The van der Waals surface area contributed by atoms with E-state index in [-0.39, 0.29) is 11.9 Å². The minimum atomic E-state index is 0.156. The number of aryl methyl sites for hydroxylation is 3. The molecule has 1 amide bonds. The molecule has 2 aromatic rings. The van der Waals surface area contributed by atoms with Crippen LogP contribution in [0.3, 0.4) is 0 Å². The van der Waals surface area contributed by atoms with E-state index in [4.69, 9.17) is 0 Å². The van der Waals surface area contributed by atoms with Gasteiger partial charge in [-0.1, -0.05) is 6.07 Å². The van der Waals surface area contributed by atoms with Crippen molar-refractivity contribution in [3.05, 3.63) is 40.1 Å². The first-order chi connectivity index (χ1) is 9.70. The van der Waals surface area contributed by atoms with E-state index in [0.717, 1.165) is 37.3 Å². The van der Waals surface area contributed by atoms with Crippen LogP contribution >= 0.6 is 11.3 Å². The Morgan fingerprint density at radius 1 is 1.60 bits per heavy atom. The lowest BCUT2D eigenvalue weighted by molar-refractivity contribution is -0.121. The molecule has 0 radical (unpaired) electrons. The molecule has 1 aliphatic rings. The van der Waals surface area contributed by atoms with Gasteiger partial charge in [0, 0.05) is 36.5 Å². The number of nitrogens with one attached hydrogen (secondary N) is 1. The number of hydrogen-bond donors (Lipinski definition) is 1. The zero-order valence-corrected chi connectivity index (χ0v) is 12.4. The fraction of sp³-hybridized carbons (Fsp3) is 0.467. The molecule has 20 heavy (non-hydrogen) atoms. The molecule has 2 aromatic heterocycles. The molecular formula is C15H19N3OS. The van der Waals surface area contributed by atoms with E-state index >= 15 is 0 Å². The van der Waals surface area contributed by atoms with Crippen LogP contribution in [0, 0.1) is 6.92 Å². The average molecular weight is 289 g/mol. The molecule has 1 aliphatic heterocycles. The van der Waals surface area contributed by atoms with Crippen molar-refractivity contribution >= 4 is 17.2 Å². The van der Waals surface area contributed by atoms with E-state index in [1.165, 1.54) is 4.88 Å². The molecule has 0 fully saturated rings. The van der Waals surface area contributed by atoms with Crippen molar-refractivity contribution in [2.24, 2.45) is 0 Å². The zero-order valence-electron chi connectivity index (χ0n) is 11.6. The van der Waals surface area contributed by atoms with Gasteiger partial charge in [-0.15, -0.1) is 11.3 Å². The maximum Gasteiger partial charge on any atom is 0.220 e. The highest BCUT2D eigenvalue weighted by Gasteiger charge is 2.20. The van der Waals surface area contributed by atoms with E-state index < -0.39 is 0 Å². The van der Waals surface area contributed by atoms with Crippen LogP contribution in [0.4, 0.5) is 0 Å². The quantitative estimate of drug-likeness (QED) is 0.939. The minimum Gasteiger partial charge on any atom is -0.352 e. The lowest BCUT2D eigenvalue weighted by Gasteiger charge is -2.24. The van der Waals surface area contributed by atoms with Gasteiger partial charge in [0.1, 0.15) is 5.82 Å². The number of nitrogens with zero attached hydrogens (tertiary/aromatic N) is 2. The molecular weight excluding hydrogens is 270 g/mol. The van der Waals surface area contributed by atoms with Crippen molar-refractivity contribution < 1.29 is 4.79 Å². The molecule has 106 valence electrons. The van der Waals surface area contributed by atoms with E-state index in [9.17, 15) is 4.79 Å². The molecule has 0 unspecified atom stereocenters. The summed E-state index contributed by atoms with van der Waals surface area (Å²) < 4.78 is 2.17. The van der Waals surface area contributed by atoms with Gasteiger partial charge in [0.25, 0.3) is 0 Å². The second-order valence-corrected chi connectivity index (χ2v) is 6.37. The van der Waals surface area contributed by atoms with Crippen molar-refractivity contribution in [3.63, 3.8) is 0 Å². The van der Waals surface area contributed by atoms with E-state index in [0.29, 0.717) is 6.42 Å². The predicted molar refractivity (Wildman–Crippen MR) is 79.9 cm³/mol. The maximum absolute atomic E-state index is 12.0. The van der Waals surface area contributed by atoms with Crippen molar-refractivity contribution in [1.29, 1.82) is 0 Å². The number of thiophene rings is 1. The summed E-state index contributed by atoms with van der Waals surface area (Å²) in [5.74, 6) is 1.30. The van der Waals surface area contributed by atoms with Gasteiger partial charge >= 0.3 is 0 Å². The van der Waals surface area contributed by atoms with Gasteiger partial charge in [0.05, 0.1) is 5.69 Å². The van der Waals surface area contributed by atoms with Gasteiger partial charge < -0.3 is 9.88 Å². The molecule has 1 atom stereocenters. The van der Waals surface area contributed by atoms with Crippen LogP contribution in [-0.2, 0) is 24.2 Å². The number of aromatic nitrogens is 2. The van der Waals surface area contributed by atoms with Crippen molar-refractivity contribution in [2.75, 3.05) is 0 Å². The van der Waals surface area contributed by atoms with Gasteiger partial charge in [-0.05, 0) is 31.2 Å². The summed E-state index contributed by atoms with van der Waals surface area (Å²) in [5.41, 5.74) is 1.06. The monoisotopic (exact) mass is 289 g/mol.